The first-order valence-electron chi connectivity index (χ1n) is 19.2. The number of aryl methyl sites for hydroxylation is 5. The number of rotatable bonds is 5. The monoisotopic (exact) mass is 923 g/mol. The molecular weight excluding hydrogens is 881 g/mol. The number of fused-ring (bicyclic) bond motifs is 12. The molecule has 1 atom stereocenters. The summed E-state index contributed by atoms with van der Waals surface area (Å²) in [5.74, 6) is 0. The topological polar surface area (TPSA) is 80.6 Å². The molecule has 1 N–H and O–H groups in total. The summed E-state index contributed by atoms with van der Waals surface area (Å²) in [5.41, 5.74) is 14.5. The average Bonchev–Trinajstić information content (AvgIpc) is 3.85. The van der Waals surface area contributed by atoms with E-state index in [0.29, 0.717) is 6.42 Å². The Morgan fingerprint density at radius 3 is 1.60 bits per heavy atom. The van der Waals surface area contributed by atoms with Crippen LogP contribution >= 0.6 is 0 Å². The van der Waals surface area contributed by atoms with E-state index in [4.69, 9.17) is 9.97 Å². The van der Waals surface area contributed by atoms with Crippen molar-refractivity contribution in [3.05, 3.63) is 155 Å². The minimum atomic E-state index is -0.323. The van der Waals surface area contributed by atoms with Gasteiger partial charge < -0.3 is 13.9 Å². The summed E-state index contributed by atoms with van der Waals surface area (Å²) in [4.78, 5) is 19.2. The average molecular weight is 923 g/mol. The van der Waals surface area contributed by atoms with Crippen LogP contribution in [0.5, 0.6) is 0 Å². The summed E-state index contributed by atoms with van der Waals surface area (Å²) in [6, 6.07) is 40.0. The van der Waals surface area contributed by atoms with Gasteiger partial charge in [0.15, 0.2) is 0 Å². The predicted molar refractivity (Wildman–Crippen MR) is 228 cm³/mol. The van der Waals surface area contributed by atoms with E-state index in [-0.39, 0.29) is 26.2 Å². The smallest absolute Gasteiger partial charge is 0.0956 e. The Morgan fingerprint density at radius 1 is 0.579 bits per heavy atom. The first kappa shape index (κ1) is 38.1. The number of imidazole rings is 2. The molecule has 8 heteroatoms. The Labute approximate surface area is 345 Å². The van der Waals surface area contributed by atoms with Crippen molar-refractivity contribution in [1.82, 2.24) is 28.7 Å². The Hall–Kier alpha value is -5.79. The van der Waals surface area contributed by atoms with Crippen molar-refractivity contribution in [2.24, 2.45) is 0 Å². The van der Waals surface area contributed by atoms with Crippen LogP contribution in [-0.2, 0) is 26.5 Å². The maximum absolute atomic E-state index is 10.2. The second-order valence-corrected chi connectivity index (χ2v) is 14.9. The molecule has 0 aliphatic rings. The number of hydrogen-bond acceptors (Lipinski definition) is 5. The van der Waals surface area contributed by atoms with Gasteiger partial charge in [-0.3, -0.25) is 19.9 Å². The van der Waals surface area contributed by atoms with Crippen LogP contribution in [0.1, 0.15) is 47.0 Å². The van der Waals surface area contributed by atoms with E-state index in [1.165, 1.54) is 33.0 Å². The van der Waals surface area contributed by atoms with Crippen molar-refractivity contribution in [3.8, 4) is 22.8 Å². The quantitative estimate of drug-likeness (QED) is 0.137. The van der Waals surface area contributed by atoms with Gasteiger partial charge in [0, 0.05) is 54.9 Å². The SMILES string of the molecule is CCC(O)Cc1cc(C)c2c(c1)c1ccc[c-]c1c1nc(-c3cccc(C)n3)cn12.Cc1cc(C)c2c(c1)c1ccc[c-]c1c1nc(-c3cccc(C)n3)cn12.[Ir]. The summed E-state index contributed by atoms with van der Waals surface area (Å²) < 4.78 is 4.37. The predicted octanol–water partition coefficient (Wildman–Crippen LogP) is 10.9. The van der Waals surface area contributed by atoms with Gasteiger partial charge in [-0.1, -0.05) is 59.7 Å². The van der Waals surface area contributed by atoms with Gasteiger partial charge in [-0.05, 0) is 99.2 Å². The molecule has 6 heterocycles. The molecule has 6 aromatic heterocycles. The van der Waals surface area contributed by atoms with Gasteiger partial charge in [-0.25, -0.2) is 0 Å². The van der Waals surface area contributed by atoms with E-state index in [0.717, 1.165) is 84.5 Å². The summed E-state index contributed by atoms with van der Waals surface area (Å²) >= 11 is 0. The molecule has 0 bridgehead atoms. The maximum atomic E-state index is 10.2. The molecule has 1 unspecified atom stereocenters. The first-order valence-corrected chi connectivity index (χ1v) is 19.2. The molecule has 1 radical (unpaired) electrons. The molecule has 0 aliphatic carbocycles. The molecule has 285 valence electrons. The fraction of sp³-hybridized carbons (Fsp3) is 0.184. The molecule has 0 saturated carbocycles. The van der Waals surface area contributed by atoms with Crippen LogP contribution in [0.15, 0.2) is 109 Å². The molecule has 0 spiro atoms. The fourth-order valence-corrected chi connectivity index (χ4v) is 8.16. The molecule has 0 saturated heterocycles. The number of aliphatic hydroxyl groups is 1. The fourth-order valence-electron chi connectivity index (χ4n) is 8.16. The van der Waals surface area contributed by atoms with Crippen LogP contribution < -0.4 is 0 Å². The van der Waals surface area contributed by atoms with E-state index in [1.54, 1.807) is 0 Å². The summed E-state index contributed by atoms with van der Waals surface area (Å²) in [6.07, 6.45) is 5.26. The van der Waals surface area contributed by atoms with E-state index < -0.39 is 0 Å². The second kappa shape index (κ2) is 15.3. The number of aromatic nitrogens is 6. The van der Waals surface area contributed by atoms with Gasteiger partial charge in [-0.15, -0.1) is 59.3 Å². The zero-order valence-corrected chi connectivity index (χ0v) is 35.2. The number of hydrogen-bond donors (Lipinski definition) is 1. The summed E-state index contributed by atoms with van der Waals surface area (Å²) in [6.45, 7) is 12.5. The van der Waals surface area contributed by atoms with Crippen molar-refractivity contribution in [2.45, 2.75) is 60.5 Å². The minimum absolute atomic E-state index is 0. The number of pyridine rings is 4. The molecule has 0 fully saturated rings. The van der Waals surface area contributed by atoms with E-state index in [2.05, 4.69) is 100 Å². The Morgan fingerprint density at radius 2 is 1.09 bits per heavy atom. The molecule has 0 amide bonds. The largest absolute Gasteiger partial charge is 0.393 e. The summed E-state index contributed by atoms with van der Waals surface area (Å²) in [7, 11) is 0. The maximum Gasteiger partial charge on any atom is 0.0956 e. The van der Waals surface area contributed by atoms with Crippen molar-refractivity contribution >= 4 is 54.6 Å². The van der Waals surface area contributed by atoms with Crippen LogP contribution in [-0.4, -0.2) is 39.9 Å². The summed E-state index contributed by atoms with van der Waals surface area (Å²) in [5, 5.41) is 16.9. The second-order valence-electron chi connectivity index (χ2n) is 14.9. The molecule has 7 nitrogen and oxygen atoms in total. The molecule has 57 heavy (non-hydrogen) atoms. The van der Waals surface area contributed by atoms with Crippen LogP contribution in [0.3, 0.4) is 0 Å². The van der Waals surface area contributed by atoms with Crippen LogP contribution in [0.2, 0.25) is 0 Å². The standard InChI is InChI=1S/C26H24N3O.C23H18N3.Ir/c1-4-19(30)13-18-12-16(2)25-22(14-18)20-9-5-6-10-21(20)26-28-24(15-29(25)26)23-11-7-8-17(3)27-23;1-14-11-15(2)22-19(12-14)17-8-4-5-9-18(17)23-25-21(13-26(22)23)20-10-6-7-16(3)24-20;/h5-9,11-12,14-15,19,30H,4,13H2,1-3H3;4-8,10-13H,1-3H3;/q2*-1;. The van der Waals surface area contributed by atoms with Gasteiger partial charge in [0.1, 0.15) is 0 Å². The Balaban J connectivity index is 0.000000158. The van der Waals surface area contributed by atoms with Crippen molar-refractivity contribution < 1.29 is 25.2 Å². The van der Waals surface area contributed by atoms with Crippen molar-refractivity contribution in [1.29, 1.82) is 0 Å². The molecule has 10 rings (SSSR count). The van der Waals surface area contributed by atoms with E-state index in [9.17, 15) is 5.11 Å². The molecular formula is C49H42IrN6O-2. The van der Waals surface area contributed by atoms with Crippen molar-refractivity contribution in [2.75, 3.05) is 0 Å². The minimum Gasteiger partial charge on any atom is -0.393 e. The third-order valence-electron chi connectivity index (χ3n) is 10.7. The Kier molecular flexibility index (Phi) is 10.2. The number of nitrogens with zero attached hydrogens (tertiary/aromatic N) is 6. The normalized spacial score (nSPS) is 12.1. The van der Waals surface area contributed by atoms with Crippen LogP contribution in [0.25, 0.3) is 77.4 Å². The third kappa shape index (κ3) is 6.88. The van der Waals surface area contributed by atoms with Gasteiger partial charge >= 0.3 is 0 Å². The zero-order valence-electron chi connectivity index (χ0n) is 32.8. The number of aliphatic hydroxyl groups excluding tert-OH is 1. The Bertz CT molecular complexity index is 3140. The van der Waals surface area contributed by atoms with Gasteiger partial charge in [0.25, 0.3) is 0 Å². The van der Waals surface area contributed by atoms with Crippen LogP contribution in [0.4, 0.5) is 0 Å². The zero-order chi connectivity index (χ0) is 38.7. The third-order valence-corrected chi connectivity index (χ3v) is 10.7. The molecule has 0 aliphatic heterocycles. The molecule has 4 aromatic carbocycles. The van der Waals surface area contributed by atoms with Crippen LogP contribution in [0, 0.1) is 46.8 Å². The van der Waals surface area contributed by atoms with Gasteiger partial charge in [0.2, 0.25) is 0 Å². The number of benzene rings is 4. The first-order chi connectivity index (χ1) is 27.2. The van der Waals surface area contributed by atoms with E-state index in [1.807, 2.05) is 81.4 Å². The van der Waals surface area contributed by atoms with E-state index >= 15 is 0 Å². The van der Waals surface area contributed by atoms with Crippen molar-refractivity contribution in [3.63, 3.8) is 0 Å². The molecule has 10 aromatic rings. The van der Waals surface area contributed by atoms with Gasteiger partial charge in [0.05, 0.1) is 40.2 Å². The van der Waals surface area contributed by atoms with Gasteiger partial charge in [-0.2, -0.15) is 0 Å².